The number of aryl methyl sites for hydroxylation is 1. The molecule has 1 aliphatic carbocycles. The topological polar surface area (TPSA) is 13.1 Å². The molecule has 0 saturated carbocycles. The molecule has 0 spiro atoms. The zero-order valence-corrected chi connectivity index (χ0v) is 28.8. The van der Waals surface area contributed by atoms with Crippen LogP contribution >= 0.6 is 0 Å². The van der Waals surface area contributed by atoms with Gasteiger partial charge in [0.1, 0.15) is 11.3 Å². The van der Waals surface area contributed by atoms with Crippen LogP contribution in [-0.2, 0) is 5.41 Å². The van der Waals surface area contributed by atoms with Crippen LogP contribution in [0.5, 0.6) is 0 Å². The first-order chi connectivity index (χ1) is 24.4. The van der Waals surface area contributed by atoms with Crippen molar-refractivity contribution in [3.63, 3.8) is 0 Å². The summed E-state index contributed by atoms with van der Waals surface area (Å²) in [6.45, 7) is 8.89. The van der Waals surface area contributed by atoms with E-state index < -0.39 is 0 Å². The normalized spacial score (nSPS) is 13.7. The Balaban J connectivity index is 1.23. The second kappa shape index (κ2) is 10.5. The highest BCUT2D eigenvalue weighted by Crippen LogP contribution is 2.54. The molecule has 0 bridgehead atoms. The second-order valence-corrected chi connectivity index (χ2v) is 14.4. The van der Waals surface area contributed by atoms with Gasteiger partial charge >= 0.3 is 0 Å². The van der Waals surface area contributed by atoms with Crippen molar-refractivity contribution in [3.8, 4) is 33.4 Å². The van der Waals surface area contributed by atoms with E-state index in [9.17, 15) is 0 Å². The number of allylic oxidation sites excluding steroid dienone is 1. The molecular formula is C49H36O. The van der Waals surface area contributed by atoms with E-state index in [1.807, 2.05) is 0 Å². The van der Waals surface area contributed by atoms with Gasteiger partial charge in [0, 0.05) is 16.4 Å². The van der Waals surface area contributed by atoms with Gasteiger partial charge in [0.2, 0.25) is 0 Å². The first-order valence-corrected chi connectivity index (χ1v) is 17.6. The first-order valence-electron chi connectivity index (χ1n) is 17.6. The highest BCUT2D eigenvalue weighted by Gasteiger charge is 2.37. The zero-order chi connectivity index (χ0) is 33.7. The molecule has 0 unspecified atom stereocenters. The van der Waals surface area contributed by atoms with E-state index in [1.54, 1.807) is 0 Å². The van der Waals surface area contributed by atoms with Crippen molar-refractivity contribution in [2.24, 2.45) is 0 Å². The van der Waals surface area contributed by atoms with E-state index in [1.165, 1.54) is 98.5 Å². The minimum atomic E-state index is -0.159. The lowest BCUT2D eigenvalue weighted by molar-refractivity contribution is 0.578. The zero-order valence-electron chi connectivity index (χ0n) is 28.8. The Kier molecular flexibility index (Phi) is 6.12. The lowest BCUT2D eigenvalue weighted by Crippen LogP contribution is -2.15. The average Bonchev–Trinajstić information content (AvgIpc) is 3.57. The van der Waals surface area contributed by atoms with Gasteiger partial charge < -0.3 is 4.42 Å². The van der Waals surface area contributed by atoms with Crippen LogP contribution in [-0.4, -0.2) is 0 Å². The van der Waals surface area contributed by atoms with Crippen molar-refractivity contribution in [2.75, 3.05) is 0 Å². The summed E-state index contributed by atoms with van der Waals surface area (Å²) in [5, 5.41) is 11.3. The van der Waals surface area contributed by atoms with Crippen LogP contribution in [0.2, 0.25) is 0 Å². The molecule has 1 nitrogen and oxygen atoms in total. The van der Waals surface area contributed by atoms with Gasteiger partial charge in [-0.2, -0.15) is 0 Å². The fourth-order valence-corrected chi connectivity index (χ4v) is 8.99. The minimum absolute atomic E-state index is 0.159. The Morgan fingerprint density at radius 2 is 1.16 bits per heavy atom. The Labute approximate surface area is 292 Å². The number of rotatable bonds is 3. The minimum Gasteiger partial charge on any atom is -0.461 e. The third-order valence-corrected chi connectivity index (χ3v) is 11.3. The van der Waals surface area contributed by atoms with Crippen molar-refractivity contribution in [2.45, 2.75) is 33.1 Å². The van der Waals surface area contributed by atoms with E-state index in [2.05, 4.69) is 173 Å². The van der Waals surface area contributed by atoms with Gasteiger partial charge in [0.15, 0.2) is 0 Å². The first kappa shape index (κ1) is 29.0. The van der Waals surface area contributed by atoms with Crippen LogP contribution < -0.4 is 0 Å². The lowest BCUT2D eigenvalue weighted by atomic mass is 9.80. The number of hydrogen-bond acceptors (Lipinski definition) is 1. The van der Waals surface area contributed by atoms with Crippen LogP contribution in [0.4, 0.5) is 0 Å². The van der Waals surface area contributed by atoms with Crippen LogP contribution in [0.25, 0.3) is 93.5 Å². The van der Waals surface area contributed by atoms with Gasteiger partial charge in [0.25, 0.3) is 0 Å². The quantitative estimate of drug-likeness (QED) is 0.175. The molecule has 0 N–H and O–H groups in total. The Hall–Kier alpha value is -5.92. The van der Waals surface area contributed by atoms with Gasteiger partial charge in [-0.05, 0) is 120 Å². The smallest absolute Gasteiger partial charge is 0.135 e. The van der Waals surface area contributed by atoms with Gasteiger partial charge in [-0.1, -0.05) is 141 Å². The van der Waals surface area contributed by atoms with Crippen LogP contribution in [0, 0.1) is 6.92 Å². The summed E-state index contributed by atoms with van der Waals surface area (Å²) in [6.07, 6.45) is 4.24. The molecule has 8 aromatic carbocycles. The van der Waals surface area contributed by atoms with E-state index in [0.29, 0.717) is 0 Å². The SMILES string of the molecule is C/C=C\c1c(C)oc2cc3c4c(ccc3cc12)C(C)(C)c1cc(-c2c3ccccc3c(-c3cccc5ccccc35)c3ccccc23)ccc1-4. The van der Waals surface area contributed by atoms with Gasteiger partial charge in [-0.3, -0.25) is 0 Å². The summed E-state index contributed by atoms with van der Waals surface area (Å²) >= 11 is 0. The summed E-state index contributed by atoms with van der Waals surface area (Å²) in [5.74, 6) is 0.960. The third-order valence-electron chi connectivity index (χ3n) is 11.3. The van der Waals surface area contributed by atoms with Gasteiger partial charge in [-0.15, -0.1) is 0 Å². The monoisotopic (exact) mass is 640 g/mol. The van der Waals surface area contributed by atoms with Crippen molar-refractivity contribution >= 4 is 60.1 Å². The molecular weight excluding hydrogens is 605 g/mol. The van der Waals surface area contributed by atoms with Crippen LogP contribution in [0.15, 0.2) is 144 Å². The summed E-state index contributed by atoms with van der Waals surface area (Å²) < 4.78 is 6.33. The molecule has 1 aromatic heterocycles. The second-order valence-electron chi connectivity index (χ2n) is 14.4. The number of furan rings is 1. The molecule has 9 aromatic rings. The standard InChI is InChI=1S/C49H36O/c1-5-13-33-29(2)50-45-28-41-31(26-42(33)45)23-25-43-48(41)40-24-22-32(27-44(40)49(43,3)4)46-36-17-8-10-19-38(36)47(39-20-11-9-18-37(39)46)35-21-12-15-30-14-6-7-16-34(30)35/h5-28H,1-4H3/b13-5-. The van der Waals surface area contributed by atoms with Crippen molar-refractivity contribution in [1.29, 1.82) is 0 Å². The number of fused-ring (bicyclic) bond motifs is 9. The maximum absolute atomic E-state index is 6.33. The maximum Gasteiger partial charge on any atom is 0.135 e. The predicted octanol–water partition coefficient (Wildman–Crippen LogP) is 14.0. The van der Waals surface area contributed by atoms with E-state index in [4.69, 9.17) is 4.42 Å². The average molecular weight is 641 g/mol. The molecule has 1 heteroatoms. The molecule has 50 heavy (non-hydrogen) atoms. The fourth-order valence-electron chi connectivity index (χ4n) is 8.99. The number of hydrogen-bond donors (Lipinski definition) is 0. The molecule has 0 aliphatic heterocycles. The molecule has 0 fully saturated rings. The maximum atomic E-state index is 6.33. The largest absolute Gasteiger partial charge is 0.461 e. The van der Waals surface area contributed by atoms with E-state index in [-0.39, 0.29) is 5.41 Å². The summed E-state index contributed by atoms with van der Waals surface area (Å²) in [6, 6.07) is 49.9. The van der Waals surface area contributed by atoms with Gasteiger partial charge in [0.05, 0.1) is 0 Å². The van der Waals surface area contributed by atoms with Crippen molar-refractivity contribution < 1.29 is 4.42 Å². The fraction of sp³-hybridized carbons (Fsp3) is 0.102. The molecule has 0 atom stereocenters. The summed E-state index contributed by atoms with van der Waals surface area (Å²) in [7, 11) is 0. The van der Waals surface area contributed by atoms with Crippen molar-refractivity contribution in [1.82, 2.24) is 0 Å². The summed E-state index contributed by atoms with van der Waals surface area (Å²) in [5.41, 5.74) is 12.5. The third kappa shape index (κ3) is 3.95. The molecule has 10 rings (SSSR count). The Morgan fingerprint density at radius 1 is 0.500 bits per heavy atom. The molecule has 0 radical (unpaired) electrons. The molecule has 1 aliphatic rings. The Bertz CT molecular complexity index is 2850. The Morgan fingerprint density at radius 3 is 1.88 bits per heavy atom. The predicted molar refractivity (Wildman–Crippen MR) is 214 cm³/mol. The molecule has 0 amide bonds. The van der Waals surface area contributed by atoms with E-state index in [0.717, 1.165) is 11.3 Å². The van der Waals surface area contributed by atoms with E-state index >= 15 is 0 Å². The lowest BCUT2D eigenvalue weighted by Gasteiger charge is -2.23. The highest BCUT2D eigenvalue weighted by atomic mass is 16.3. The molecule has 238 valence electrons. The van der Waals surface area contributed by atoms with Gasteiger partial charge in [-0.25, -0.2) is 0 Å². The molecule has 0 saturated heterocycles. The highest BCUT2D eigenvalue weighted by molar-refractivity contribution is 6.23. The van der Waals surface area contributed by atoms with Crippen LogP contribution in [0.1, 0.15) is 43.2 Å². The molecule has 1 heterocycles. The van der Waals surface area contributed by atoms with Crippen LogP contribution in [0.3, 0.4) is 0 Å². The number of benzene rings is 8. The van der Waals surface area contributed by atoms with Crippen molar-refractivity contribution in [3.05, 3.63) is 162 Å². The summed E-state index contributed by atoms with van der Waals surface area (Å²) in [4.78, 5) is 0.